The van der Waals surface area contributed by atoms with Gasteiger partial charge in [-0.3, -0.25) is 14.7 Å². The minimum atomic E-state index is -1.78. The molecule has 0 saturated heterocycles. The molecule has 306 valence electrons. The highest BCUT2D eigenvalue weighted by atomic mass is 35.5. The lowest BCUT2D eigenvalue weighted by atomic mass is 9.94. The third-order valence-corrected chi connectivity index (χ3v) is 10.9. The van der Waals surface area contributed by atoms with E-state index in [4.69, 9.17) is 30.0 Å². The third-order valence-electron chi connectivity index (χ3n) is 9.45. The molecule has 14 heteroatoms. The first-order chi connectivity index (χ1) is 27.5. The number of nitrogens with one attached hydrogen (secondary N) is 2. The molecule has 57 heavy (non-hydrogen) atoms. The van der Waals surface area contributed by atoms with Crippen molar-refractivity contribution in [2.45, 2.75) is 115 Å². The van der Waals surface area contributed by atoms with Crippen LogP contribution in [0.3, 0.4) is 0 Å². The Labute approximate surface area is 342 Å². The number of aromatic nitrogens is 4. The molecule has 0 aliphatic rings. The number of amides is 1. The first-order valence-corrected chi connectivity index (χ1v) is 21.2. The van der Waals surface area contributed by atoms with Crippen LogP contribution < -0.4 is 19.0 Å². The molecule has 2 unspecified atom stereocenters. The fourth-order valence-corrected chi connectivity index (χ4v) is 7.03. The molecule has 2 heterocycles. The zero-order chi connectivity index (χ0) is 40.6. The minimum Gasteiger partial charge on any atom is -0.489 e. The maximum Gasteiger partial charge on any atom is 0.307 e. The van der Waals surface area contributed by atoms with Crippen molar-refractivity contribution in [2.24, 2.45) is 0 Å². The van der Waals surface area contributed by atoms with E-state index in [2.05, 4.69) is 27.5 Å². The van der Waals surface area contributed by atoms with Crippen LogP contribution in [0.5, 0.6) is 17.2 Å². The second-order valence-electron chi connectivity index (χ2n) is 14.7. The number of rotatable bonds is 24. The molecule has 2 N–H and O–H groups in total. The Bertz CT molecular complexity index is 2030. The summed E-state index contributed by atoms with van der Waals surface area (Å²) in [6.07, 6.45) is 8.73. The highest BCUT2D eigenvalue weighted by Gasteiger charge is 2.30. The van der Waals surface area contributed by atoms with Crippen molar-refractivity contribution in [1.82, 2.24) is 25.1 Å². The number of nitrogens with zero attached hydrogens (tertiary/aromatic N) is 3. The van der Waals surface area contributed by atoms with Crippen molar-refractivity contribution in [3.63, 3.8) is 0 Å². The van der Waals surface area contributed by atoms with Crippen LogP contribution in [0.2, 0.25) is 5.02 Å². The van der Waals surface area contributed by atoms with Gasteiger partial charge >= 0.3 is 5.97 Å². The topological polar surface area (TPSA) is 146 Å². The van der Waals surface area contributed by atoms with Crippen LogP contribution in [0, 0.1) is 6.92 Å². The molecule has 5 rings (SSSR count). The van der Waals surface area contributed by atoms with Gasteiger partial charge in [-0.15, -0.1) is 10.2 Å². The van der Waals surface area contributed by atoms with Gasteiger partial charge in [0.1, 0.15) is 35.5 Å². The lowest BCUT2D eigenvalue weighted by Crippen LogP contribution is -2.39. The molecule has 0 saturated carbocycles. The number of benzene rings is 3. The fourth-order valence-electron chi connectivity index (χ4n) is 6.12. The molecule has 5 aromatic rings. The van der Waals surface area contributed by atoms with E-state index in [0.717, 1.165) is 30.5 Å². The number of carbonyl (C=O) groups excluding carboxylic acids is 2. The Morgan fingerprint density at radius 1 is 0.877 bits per heavy atom. The van der Waals surface area contributed by atoms with Crippen LogP contribution in [-0.2, 0) is 37.4 Å². The number of ether oxygens (including phenoxy) is 3. The number of fused-ring (bicyclic) bond motifs is 1. The number of hydrogen-bond donors (Lipinski definition) is 2. The summed E-state index contributed by atoms with van der Waals surface area (Å²) in [5.41, 5.74) is 1.67. The second-order valence-corrected chi connectivity index (χ2v) is 16.2. The lowest BCUT2D eigenvalue weighted by molar-refractivity contribution is -0.145. The maximum atomic E-state index is 13.4. The number of hydrogen-bond acceptors (Lipinski definition) is 9. The van der Waals surface area contributed by atoms with E-state index in [1.165, 1.54) is 32.1 Å². The van der Waals surface area contributed by atoms with Crippen molar-refractivity contribution in [2.75, 3.05) is 13.2 Å². The summed E-state index contributed by atoms with van der Waals surface area (Å²) >= 11 is 4.53. The van der Waals surface area contributed by atoms with Crippen molar-refractivity contribution in [1.29, 1.82) is 0 Å². The standard InChI is InChI=1S/C43H54ClN5O7S/c1-5-6-7-8-9-10-11-15-18-37(41(51)45-28-27-38(50)54-30-43(3,4)42-47-46-40-39(44)31(2)48-49(40)42)55-34-23-25-36(26-24-34)57(52)56-35-21-19-33(20-22-35)53-29-32-16-13-12-14-17-32/h12-14,16-17,19-26,37,48H,5-11,15,18,27-30H2,1-4H3,(H,45,51). The summed E-state index contributed by atoms with van der Waals surface area (Å²) in [5, 5.41) is 14.9. The van der Waals surface area contributed by atoms with Crippen molar-refractivity contribution < 1.29 is 32.2 Å². The van der Waals surface area contributed by atoms with E-state index < -0.39 is 28.6 Å². The van der Waals surface area contributed by atoms with E-state index in [1.54, 1.807) is 53.0 Å². The van der Waals surface area contributed by atoms with Gasteiger partial charge in [0.15, 0.2) is 17.6 Å². The van der Waals surface area contributed by atoms with Crippen LogP contribution >= 0.6 is 11.6 Å². The molecule has 12 nitrogen and oxygen atoms in total. The molecular formula is C43H54ClN5O7S. The lowest BCUT2D eigenvalue weighted by Gasteiger charge is -2.22. The van der Waals surface area contributed by atoms with Gasteiger partial charge in [0.25, 0.3) is 5.91 Å². The molecule has 2 aromatic heterocycles. The van der Waals surface area contributed by atoms with Crippen molar-refractivity contribution in [3.8, 4) is 17.2 Å². The molecule has 0 aliphatic carbocycles. The van der Waals surface area contributed by atoms with Gasteiger partial charge in [-0.25, -0.2) is 8.72 Å². The zero-order valence-electron chi connectivity index (χ0n) is 33.3. The molecule has 0 bridgehead atoms. The van der Waals surface area contributed by atoms with Gasteiger partial charge in [0.05, 0.1) is 22.4 Å². The molecule has 3 aromatic carbocycles. The fraction of sp³-hybridized carbons (Fsp3) is 0.442. The predicted octanol–water partition coefficient (Wildman–Crippen LogP) is 9.01. The number of carbonyl (C=O) groups is 2. The summed E-state index contributed by atoms with van der Waals surface area (Å²) in [5.74, 6) is 1.37. The van der Waals surface area contributed by atoms with Gasteiger partial charge in [-0.2, -0.15) is 0 Å². The first kappa shape index (κ1) is 43.2. The minimum absolute atomic E-state index is 0.0149. The SMILES string of the molecule is CCCCCCCCCCC(Oc1ccc(S(=O)Oc2ccc(OCc3ccccc3)cc2)cc1)C(=O)NCCC(=O)OCC(C)(C)c1nnc2c(Cl)c(C)[nH]n12. The molecule has 2 atom stereocenters. The van der Waals surface area contributed by atoms with Crippen LogP contribution in [0.4, 0.5) is 0 Å². The van der Waals surface area contributed by atoms with Crippen molar-refractivity contribution in [3.05, 3.63) is 101 Å². The second kappa shape index (κ2) is 21.6. The number of esters is 1. The number of halogens is 1. The third kappa shape index (κ3) is 13.1. The normalized spacial score (nSPS) is 12.6. The van der Waals surface area contributed by atoms with Crippen LogP contribution in [0.25, 0.3) is 5.65 Å². The first-order valence-electron chi connectivity index (χ1n) is 19.7. The Morgan fingerprint density at radius 2 is 1.53 bits per heavy atom. The average molecular weight is 820 g/mol. The Hall–Kier alpha value is -4.88. The molecule has 0 fully saturated rings. The molecular weight excluding hydrogens is 766 g/mol. The zero-order valence-corrected chi connectivity index (χ0v) is 34.8. The molecule has 0 spiro atoms. The van der Waals surface area contributed by atoms with Crippen LogP contribution in [0.1, 0.15) is 102 Å². The van der Waals surface area contributed by atoms with Crippen LogP contribution in [0.15, 0.2) is 83.8 Å². The monoisotopic (exact) mass is 819 g/mol. The molecule has 0 radical (unpaired) electrons. The number of unbranched alkanes of at least 4 members (excludes halogenated alkanes) is 7. The Balaban J connectivity index is 1.10. The largest absolute Gasteiger partial charge is 0.489 e. The Morgan fingerprint density at radius 3 is 2.23 bits per heavy atom. The van der Waals surface area contributed by atoms with Gasteiger partial charge in [-0.1, -0.05) is 93.8 Å². The number of H-pyrrole nitrogens is 1. The quantitative estimate of drug-likeness (QED) is 0.0460. The summed E-state index contributed by atoms with van der Waals surface area (Å²) < 4.78 is 38.0. The Kier molecular flexibility index (Phi) is 16.4. The summed E-state index contributed by atoms with van der Waals surface area (Å²) in [7, 11) is 0. The maximum absolute atomic E-state index is 13.4. The summed E-state index contributed by atoms with van der Waals surface area (Å²) in [6, 6.07) is 23.5. The van der Waals surface area contributed by atoms with E-state index >= 15 is 0 Å². The van der Waals surface area contributed by atoms with Gasteiger partial charge in [-0.05, 0) is 87.7 Å². The van der Waals surface area contributed by atoms with Gasteiger partial charge in [0, 0.05) is 6.54 Å². The summed E-state index contributed by atoms with van der Waals surface area (Å²) in [6.45, 7) is 8.43. The predicted molar refractivity (Wildman–Crippen MR) is 221 cm³/mol. The van der Waals surface area contributed by atoms with E-state index in [1.807, 2.05) is 51.1 Å². The highest BCUT2D eigenvalue weighted by Crippen LogP contribution is 2.27. The molecule has 1 amide bonds. The van der Waals surface area contributed by atoms with Crippen molar-refractivity contribution >= 4 is 40.2 Å². The molecule has 0 aliphatic heterocycles. The van der Waals surface area contributed by atoms with Gasteiger partial charge in [0.2, 0.25) is 11.1 Å². The van der Waals surface area contributed by atoms with Crippen LogP contribution in [-0.4, -0.2) is 55.2 Å². The average Bonchev–Trinajstić information content (AvgIpc) is 3.76. The van der Waals surface area contributed by atoms with E-state index in [0.29, 0.717) is 51.7 Å². The smallest absolute Gasteiger partial charge is 0.307 e. The van der Waals surface area contributed by atoms with Gasteiger partial charge < -0.3 is 23.7 Å². The van der Waals surface area contributed by atoms with E-state index in [9.17, 15) is 13.8 Å². The highest BCUT2D eigenvalue weighted by molar-refractivity contribution is 7.80. The number of aryl methyl sites for hydroxylation is 1. The van der Waals surface area contributed by atoms with E-state index in [-0.39, 0.29) is 25.5 Å². The summed E-state index contributed by atoms with van der Waals surface area (Å²) in [4.78, 5) is 26.6. The number of aromatic amines is 1.